The standard InChI is InChI=1S/C27H22O5/c28-25-21(13-7-15-23(25)19-9-3-1-4-10-19)17-31-27(30)32-18-22-14-8-16-24(26(22)29)20-11-5-2-6-12-20/h1-16,28-29H,17-18H2. The summed E-state index contributed by atoms with van der Waals surface area (Å²) in [5.41, 5.74) is 3.98. The van der Waals surface area contributed by atoms with Crippen molar-refractivity contribution < 1.29 is 24.5 Å². The van der Waals surface area contributed by atoms with Crippen molar-refractivity contribution in [1.82, 2.24) is 0 Å². The van der Waals surface area contributed by atoms with Gasteiger partial charge in [-0.25, -0.2) is 4.79 Å². The second-order valence-electron chi connectivity index (χ2n) is 7.19. The summed E-state index contributed by atoms with van der Waals surface area (Å²) in [5, 5.41) is 21.1. The quantitative estimate of drug-likeness (QED) is 0.355. The first-order valence-electron chi connectivity index (χ1n) is 10.2. The first-order chi connectivity index (χ1) is 15.6. The van der Waals surface area contributed by atoms with Crippen molar-refractivity contribution in [3.8, 4) is 33.8 Å². The zero-order chi connectivity index (χ0) is 22.3. The van der Waals surface area contributed by atoms with Crippen molar-refractivity contribution in [3.05, 3.63) is 108 Å². The number of benzene rings is 4. The highest BCUT2D eigenvalue weighted by Gasteiger charge is 2.14. The van der Waals surface area contributed by atoms with Crippen molar-refractivity contribution in [3.63, 3.8) is 0 Å². The molecule has 0 amide bonds. The number of ether oxygens (including phenoxy) is 2. The van der Waals surface area contributed by atoms with E-state index in [0.29, 0.717) is 22.3 Å². The maximum absolute atomic E-state index is 12.1. The van der Waals surface area contributed by atoms with Gasteiger partial charge in [0, 0.05) is 22.3 Å². The molecular weight excluding hydrogens is 404 g/mol. The molecule has 0 unspecified atom stereocenters. The highest BCUT2D eigenvalue weighted by molar-refractivity contribution is 5.73. The molecule has 4 aromatic carbocycles. The van der Waals surface area contributed by atoms with E-state index in [4.69, 9.17) is 9.47 Å². The van der Waals surface area contributed by atoms with Crippen LogP contribution in [0.4, 0.5) is 4.79 Å². The van der Waals surface area contributed by atoms with Gasteiger partial charge >= 0.3 is 6.16 Å². The number of hydrogen-bond acceptors (Lipinski definition) is 5. The topological polar surface area (TPSA) is 76.0 Å². The van der Waals surface area contributed by atoms with E-state index < -0.39 is 6.16 Å². The monoisotopic (exact) mass is 426 g/mol. The first kappa shape index (κ1) is 21.0. The van der Waals surface area contributed by atoms with Gasteiger partial charge in [0.15, 0.2) is 0 Å². The fourth-order valence-corrected chi connectivity index (χ4v) is 3.43. The van der Waals surface area contributed by atoms with Gasteiger partial charge in [0.2, 0.25) is 0 Å². The lowest BCUT2D eigenvalue weighted by Crippen LogP contribution is -2.08. The van der Waals surface area contributed by atoms with E-state index in [2.05, 4.69) is 0 Å². The Labute approximate surface area is 186 Å². The van der Waals surface area contributed by atoms with Gasteiger partial charge in [0.1, 0.15) is 24.7 Å². The van der Waals surface area contributed by atoms with E-state index in [0.717, 1.165) is 11.1 Å². The van der Waals surface area contributed by atoms with Crippen LogP contribution in [0.2, 0.25) is 0 Å². The van der Waals surface area contributed by atoms with Crippen LogP contribution in [0.3, 0.4) is 0 Å². The summed E-state index contributed by atoms with van der Waals surface area (Å²) in [7, 11) is 0. The van der Waals surface area contributed by atoms with Gasteiger partial charge in [-0.1, -0.05) is 97.1 Å². The van der Waals surface area contributed by atoms with Gasteiger partial charge in [0.25, 0.3) is 0 Å². The molecule has 0 radical (unpaired) electrons. The van der Waals surface area contributed by atoms with Crippen LogP contribution in [-0.4, -0.2) is 16.4 Å². The highest BCUT2D eigenvalue weighted by atomic mass is 16.7. The van der Waals surface area contributed by atoms with Gasteiger partial charge < -0.3 is 19.7 Å². The molecule has 0 aliphatic rings. The molecule has 0 aromatic heterocycles. The number of carbonyl (C=O) groups is 1. The summed E-state index contributed by atoms with van der Waals surface area (Å²) in [6.07, 6.45) is -0.890. The third-order valence-electron chi connectivity index (χ3n) is 5.10. The molecule has 0 aliphatic carbocycles. The van der Waals surface area contributed by atoms with Gasteiger partial charge in [-0.3, -0.25) is 0 Å². The fraction of sp³-hybridized carbons (Fsp3) is 0.0741. The summed E-state index contributed by atoms with van der Waals surface area (Å²) in [6, 6.07) is 29.5. The van der Waals surface area contributed by atoms with Gasteiger partial charge in [0.05, 0.1) is 0 Å². The maximum Gasteiger partial charge on any atom is 0.508 e. The molecule has 5 heteroatoms. The minimum Gasteiger partial charge on any atom is -0.507 e. The third kappa shape index (κ3) is 4.73. The predicted molar refractivity (Wildman–Crippen MR) is 122 cm³/mol. The Morgan fingerprint density at radius 1 is 0.562 bits per heavy atom. The van der Waals surface area contributed by atoms with Crippen molar-refractivity contribution in [1.29, 1.82) is 0 Å². The van der Waals surface area contributed by atoms with E-state index >= 15 is 0 Å². The smallest absolute Gasteiger partial charge is 0.507 e. The summed E-state index contributed by atoms with van der Waals surface area (Å²) in [4.78, 5) is 12.1. The molecule has 0 saturated heterocycles. The zero-order valence-corrected chi connectivity index (χ0v) is 17.3. The number of phenols is 2. The van der Waals surface area contributed by atoms with Gasteiger partial charge in [-0.15, -0.1) is 0 Å². The third-order valence-corrected chi connectivity index (χ3v) is 5.10. The van der Waals surface area contributed by atoms with E-state index in [1.807, 2.05) is 60.7 Å². The molecule has 0 saturated carbocycles. The molecule has 0 atom stereocenters. The van der Waals surface area contributed by atoms with Crippen LogP contribution in [0.25, 0.3) is 22.3 Å². The molecule has 0 fully saturated rings. The normalized spacial score (nSPS) is 10.5. The van der Waals surface area contributed by atoms with E-state index in [-0.39, 0.29) is 24.7 Å². The van der Waals surface area contributed by atoms with E-state index in [1.165, 1.54) is 0 Å². The molecule has 160 valence electrons. The van der Waals surface area contributed by atoms with Crippen molar-refractivity contribution in [2.45, 2.75) is 13.2 Å². The lowest BCUT2D eigenvalue weighted by molar-refractivity contribution is 0.0439. The molecule has 0 spiro atoms. The number of aromatic hydroxyl groups is 2. The number of phenolic OH excluding ortho intramolecular Hbond substituents is 2. The zero-order valence-electron chi connectivity index (χ0n) is 17.3. The summed E-state index contributed by atoms with van der Waals surface area (Å²) < 4.78 is 10.3. The average Bonchev–Trinajstić information content (AvgIpc) is 2.84. The summed E-state index contributed by atoms with van der Waals surface area (Å²) in [5.74, 6) is 0.111. The second-order valence-corrected chi connectivity index (χ2v) is 7.19. The van der Waals surface area contributed by atoms with Crippen LogP contribution in [0.15, 0.2) is 97.1 Å². The molecule has 4 rings (SSSR count). The summed E-state index contributed by atoms with van der Waals surface area (Å²) in [6.45, 7) is -0.275. The van der Waals surface area contributed by atoms with E-state index in [9.17, 15) is 15.0 Å². The van der Waals surface area contributed by atoms with Crippen LogP contribution < -0.4 is 0 Å². The highest BCUT2D eigenvalue weighted by Crippen LogP contribution is 2.33. The number of hydrogen-bond donors (Lipinski definition) is 2. The van der Waals surface area contributed by atoms with Crippen LogP contribution in [0.5, 0.6) is 11.5 Å². The van der Waals surface area contributed by atoms with Gasteiger partial charge in [-0.2, -0.15) is 0 Å². The Morgan fingerprint density at radius 2 is 0.969 bits per heavy atom. The lowest BCUT2D eigenvalue weighted by atomic mass is 10.0. The SMILES string of the molecule is O=C(OCc1cccc(-c2ccccc2)c1O)OCc1cccc(-c2ccccc2)c1O. The predicted octanol–water partition coefficient (Wildman–Crippen LogP) is 6.29. The Morgan fingerprint density at radius 3 is 1.38 bits per heavy atom. The number of rotatable bonds is 6. The largest absolute Gasteiger partial charge is 0.508 e. The van der Waals surface area contributed by atoms with Crippen LogP contribution >= 0.6 is 0 Å². The number of para-hydroxylation sites is 2. The molecule has 0 bridgehead atoms. The minimum atomic E-state index is -0.890. The van der Waals surface area contributed by atoms with Gasteiger partial charge in [-0.05, 0) is 11.1 Å². The molecule has 0 heterocycles. The Balaban J connectivity index is 1.39. The molecule has 0 aliphatic heterocycles. The van der Waals surface area contributed by atoms with Crippen molar-refractivity contribution >= 4 is 6.16 Å². The van der Waals surface area contributed by atoms with Crippen LogP contribution in [0, 0.1) is 0 Å². The molecular formula is C27H22O5. The fourth-order valence-electron chi connectivity index (χ4n) is 3.43. The number of carbonyl (C=O) groups excluding carboxylic acids is 1. The van der Waals surface area contributed by atoms with Crippen LogP contribution in [-0.2, 0) is 22.7 Å². The molecule has 2 N–H and O–H groups in total. The summed E-state index contributed by atoms with van der Waals surface area (Å²) >= 11 is 0. The molecule has 32 heavy (non-hydrogen) atoms. The van der Waals surface area contributed by atoms with Crippen molar-refractivity contribution in [2.24, 2.45) is 0 Å². The lowest BCUT2D eigenvalue weighted by Gasteiger charge is -2.12. The Hall–Kier alpha value is -4.25. The van der Waals surface area contributed by atoms with Crippen LogP contribution in [0.1, 0.15) is 11.1 Å². The maximum atomic E-state index is 12.1. The molecule has 4 aromatic rings. The van der Waals surface area contributed by atoms with Crippen molar-refractivity contribution in [2.75, 3.05) is 0 Å². The Kier molecular flexibility index (Phi) is 6.37. The average molecular weight is 426 g/mol. The first-order valence-corrected chi connectivity index (χ1v) is 10.2. The Bertz CT molecular complexity index is 1110. The second kappa shape index (κ2) is 9.71. The minimum absolute atomic E-state index is 0.0553. The van der Waals surface area contributed by atoms with E-state index in [1.54, 1.807) is 36.4 Å². The molecule has 5 nitrogen and oxygen atoms in total.